The average Bonchev–Trinajstić information content (AvgIpc) is 2.74. The molecular formula is C22H30ClN2O4+. The monoisotopic (exact) mass is 421 g/mol. The second-order valence-corrected chi connectivity index (χ2v) is 7.76. The van der Waals surface area contributed by atoms with Crippen LogP contribution in [-0.4, -0.2) is 64.8 Å². The molecule has 2 aromatic carbocycles. The number of aliphatic hydroxyl groups is 1. The number of quaternary nitrogens is 1. The second-order valence-electron chi connectivity index (χ2n) is 7.33. The van der Waals surface area contributed by atoms with Gasteiger partial charge in [0.25, 0.3) is 0 Å². The van der Waals surface area contributed by atoms with Gasteiger partial charge in [0.15, 0.2) is 11.5 Å². The molecule has 0 spiro atoms. The lowest BCUT2D eigenvalue weighted by molar-refractivity contribution is -0.903. The van der Waals surface area contributed by atoms with Crippen molar-refractivity contribution in [2.45, 2.75) is 13.0 Å². The van der Waals surface area contributed by atoms with Crippen molar-refractivity contribution in [3.63, 3.8) is 0 Å². The van der Waals surface area contributed by atoms with E-state index in [1.54, 1.807) is 14.2 Å². The maximum Gasteiger partial charge on any atom is 0.203 e. The molecule has 0 unspecified atom stereocenters. The standard InChI is InChI=1S/C22H29ClN2O4/c1-16-7-8-17(23)13-19(16)25-11-9-24(10-12-25)14-18(26)15-29-22-20(27-2)5-4-6-21(22)28-3/h4-8,13,18,26H,9-12,14-15H2,1-3H3/p+1/t18-/m0/s1. The number of ether oxygens (including phenoxy) is 3. The number of para-hydroxylation sites is 1. The number of aryl methyl sites for hydroxylation is 1. The van der Waals surface area contributed by atoms with Gasteiger partial charge in [-0.2, -0.15) is 0 Å². The van der Waals surface area contributed by atoms with Crippen LogP contribution in [0.2, 0.25) is 5.02 Å². The largest absolute Gasteiger partial charge is 0.493 e. The molecule has 158 valence electrons. The van der Waals surface area contributed by atoms with Crippen LogP contribution in [0.15, 0.2) is 36.4 Å². The predicted octanol–water partition coefficient (Wildman–Crippen LogP) is 1.81. The molecule has 3 rings (SSSR count). The zero-order valence-electron chi connectivity index (χ0n) is 17.3. The lowest BCUT2D eigenvalue weighted by atomic mass is 10.1. The third-order valence-electron chi connectivity index (χ3n) is 5.31. The first-order chi connectivity index (χ1) is 14.0. The van der Waals surface area contributed by atoms with E-state index in [0.29, 0.717) is 23.8 Å². The Labute approximate surface area is 177 Å². The third kappa shape index (κ3) is 5.47. The summed E-state index contributed by atoms with van der Waals surface area (Å²) >= 11 is 6.17. The van der Waals surface area contributed by atoms with Gasteiger partial charge in [0, 0.05) is 10.7 Å². The van der Waals surface area contributed by atoms with E-state index in [2.05, 4.69) is 17.9 Å². The highest BCUT2D eigenvalue weighted by molar-refractivity contribution is 6.30. The molecule has 0 aliphatic carbocycles. The molecule has 2 aromatic rings. The van der Waals surface area contributed by atoms with E-state index in [1.807, 2.05) is 30.3 Å². The summed E-state index contributed by atoms with van der Waals surface area (Å²) in [7, 11) is 3.17. The minimum absolute atomic E-state index is 0.192. The molecule has 1 atom stereocenters. The van der Waals surface area contributed by atoms with E-state index in [1.165, 1.54) is 16.2 Å². The molecule has 1 fully saturated rings. The van der Waals surface area contributed by atoms with E-state index >= 15 is 0 Å². The Bertz CT molecular complexity index is 787. The van der Waals surface area contributed by atoms with Crippen LogP contribution in [0, 0.1) is 6.92 Å². The van der Waals surface area contributed by atoms with Crippen LogP contribution in [0.25, 0.3) is 0 Å². The molecule has 1 saturated heterocycles. The summed E-state index contributed by atoms with van der Waals surface area (Å²) in [5.41, 5.74) is 2.43. The molecule has 6 nitrogen and oxygen atoms in total. The van der Waals surface area contributed by atoms with Gasteiger partial charge in [-0.25, -0.2) is 0 Å². The summed E-state index contributed by atoms with van der Waals surface area (Å²) in [5.74, 6) is 1.71. The van der Waals surface area contributed by atoms with Crippen LogP contribution in [0.1, 0.15) is 5.56 Å². The average molecular weight is 422 g/mol. The van der Waals surface area contributed by atoms with E-state index < -0.39 is 6.10 Å². The van der Waals surface area contributed by atoms with Crippen molar-refractivity contribution >= 4 is 17.3 Å². The Hall–Kier alpha value is -2.15. The zero-order valence-corrected chi connectivity index (χ0v) is 18.0. The number of halogens is 1. The first-order valence-electron chi connectivity index (χ1n) is 9.88. The number of benzene rings is 2. The van der Waals surface area contributed by atoms with Gasteiger partial charge >= 0.3 is 0 Å². The molecule has 7 heteroatoms. The maximum absolute atomic E-state index is 10.5. The normalized spacial score (nSPS) is 15.8. The lowest BCUT2D eigenvalue weighted by Gasteiger charge is -2.35. The van der Waals surface area contributed by atoms with Gasteiger partial charge in [0.2, 0.25) is 5.75 Å². The van der Waals surface area contributed by atoms with Crippen LogP contribution < -0.4 is 24.0 Å². The number of hydrogen-bond acceptors (Lipinski definition) is 5. The van der Waals surface area contributed by atoms with Crippen LogP contribution in [-0.2, 0) is 0 Å². The summed E-state index contributed by atoms with van der Waals surface area (Å²) in [4.78, 5) is 3.73. The van der Waals surface area contributed by atoms with Gasteiger partial charge in [-0.15, -0.1) is 0 Å². The van der Waals surface area contributed by atoms with Crippen molar-refractivity contribution < 1.29 is 24.2 Å². The van der Waals surface area contributed by atoms with Crippen LogP contribution in [0.4, 0.5) is 5.69 Å². The van der Waals surface area contributed by atoms with Gasteiger partial charge in [-0.05, 0) is 36.8 Å². The van der Waals surface area contributed by atoms with Gasteiger partial charge < -0.3 is 29.1 Å². The van der Waals surface area contributed by atoms with Gasteiger partial charge in [0.1, 0.15) is 19.3 Å². The summed E-state index contributed by atoms with van der Waals surface area (Å²) in [6.45, 7) is 6.73. The lowest BCUT2D eigenvalue weighted by Crippen LogP contribution is -3.16. The Morgan fingerprint density at radius 1 is 1.10 bits per heavy atom. The molecule has 0 amide bonds. The molecule has 0 bridgehead atoms. The summed E-state index contributed by atoms with van der Waals surface area (Å²) < 4.78 is 16.5. The van der Waals surface area contributed by atoms with E-state index in [0.717, 1.165) is 31.2 Å². The topological polar surface area (TPSA) is 55.6 Å². The Morgan fingerprint density at radius 2 is 1.76 bits per heavy atom. The SMILES string of the molecule is COc1cccc(OC)c1OC[C@@H](O)C[NH+]1CCN(c2cc(Cl)ccc2C)CC1. The Kier molecular flexibility index (Phi) is 7.47. The van der Waals surface area contributed by atoms with Crippen molar-refractivity contribution in [1.82, 2.24) is 0 Å². The fourth-order valence-electron chi connectivity index (χ4n) is 3.72. The molecule has 1 heterocycles. The molecule has 29 heavy (non-hydrogen) atoms. The second kappa shape index (κ2) is 10.1. The van der Waals surface area contributed by atoms with Crippen molar-refractivity contribution in [3.8, 4) is 17.2 Å². The zero-order chi connectivity index (χ0) is 20.8. The molecule has 0 aromatic heterocycles. The fraction of sp³-hybridized carbons (Fsp3) is 0.455. The number of aliphatic hydroxyl groups excluding tert-OH is 1. The van der Waals surface area contributed by atoms with Gasteiger partial charge in [-0.1, -0.05) is 23.7 Å². The summed E-state index contributed by atoms with van der Waals surface area (Å²) in [5, 5.41) is 11.3. The minimum atomic E-state index is -0.570. The van der Waals surface area contributed by atoms with Crippen molar-refractivity contribution in [2.24, 2.45) is 0 Å². The molecule has 1 aliphatic heterocycles. The number of methoxy groups -OCH3 is 2. The number of nitrogens with zero attached hydrogens (tertiary/aromatic N) is 1. The molecule has 0 radical (unpaired) electrons. The van der Waals surface area contributed by atoms with E-state index in [9.17, 15) is 5.11 Å². The Morgan fingerprint density at radius 3 is 2.38 bits per heavy atom. The predicted molar refractivity (Wildman–Crippen MR) is 115 cm³/mol. The summed E-state index contributed by atoms with van der Waals surface area (Å²) in [6.07, 6.45) is -0.570. The third-order valence-corrected chi connectivity index (χ3v) is 5.54. The first-order valence-corrected chi connectivity index (χ1v) is 10.3. The quantitative estimate of drug-likeness (QED) is 0.681. The number of rotatable bonds is 8. The minimum Gasteiger partial charge on any atom is -0.493 e. The highest BCUT2D eigenvalue weighted by atomic mass is 35.5. The molecule has 1 aliphatic rings. The van der Waals surface area contributed by atoms with Crippen LogP contribution in [0.5, 0.6) is 17.2 Å². The van der Waals surface area contributed by atoms with Crippen molar-refractivity contribution in [2.75, 3.05) is 58.5 Å². The van der Waals surface area contributed by atoms with E-state index in [4.69, 9.17) is 25.8 Å². The number of hydrogen-bond donors (Lipinski definition) is 2. The smallest absolute Gasteiger partial charge is 0.203 e. The molecule has 0 saturated carbocycles. The van der Waals surface area contributed by atoms with Gasteiger partial charge in [-0.3, -0.25) is 0 Å². The number of piperazine rings is 1. The molecule has 2 N–H and O–H groups in total. The van der Waals surface area contributed by atoms with Crippen molar-refractivity contribution in [1.29, 1.82) is 0 Å². The summed E-state index contributed by atoms with van der Waals surface area (Å²) in [6, 6.07) is 11.5. The van der Waals surface area contributed by atoms with E-state index in [-0.39, 0.29) is 6.61 Å². The first kappa shape index (κ1) is 21.6. The van der Waals surface area contributed by atoms with Crippen LogP contribution >= 0.6 is 11.6 Å². The van der Waals surface area contributed by atoms with Crippen molar-refractivity contribution in [3.05, 3.63) is 47.0 Å². The number of anilines is 1. The molecular weight excluding hydrogens is 392 g/mol. The Balaban J connectivity index is 1.50. The van der Waals surface area contributed by atoms with Crippen LogP contribution in [0.3, 0.4) is 0 Å². The highest BCUT2D eigenvalue weighted by Gasteiger charge is 2.24. The van der Waals surface area contributed by atoms with Gasteiger partial charge in [0.05, 0.1) is 40.4 Å². The fourth-order valence-corrected chi connectivity index (χ4v) is 3.89. The highest BCUT2D eigenvalue weighted by Crippen LogP contribution is 2.36. The maximum atomic E-state index is 10.5. The number of nitrogens with one attached hydrogen (secondary N) is 1.